The maximum absolute atomic E-state index is 14.0. The van der Waals surface area contributed by atoms with Crippen molar-refractivity contribution < 1.29 is 13.9 Å². The van der Waals surface area contributed by atoms with Crippen molar-refractivity contribution in [1.82, 2.24) is 0 Å². The van der Waals surface area contributed by atoms with Gasteiger partial charge in [0.25, 0.3) is 0 Å². The number of halogens is 2. The van der Waals surface area contributed by atoms with Crippen molar-refractivity contribution >= 4 is 27.6 Å². The molecule has 0 aliphatic carbocycles. The molecule has 0 amide bonds. The van der Waals surface area contributed by atoms with E-state index in [0.29, 0.717) is 10.2 Å². The number of hydrogen-bond donors (Lipinski definition) is 0. The van der Waals surface area contributed by atoms with Crippen LogP contribution in [0.1, 0.15) is 29.6 Å². The highest BCUT2D eigenvalue weighted by atomic mass is 79.9. The molecule has 0 radical (unpaired) electrons. The van der Waals surface area contributed by atoms with Gasteiger partial charge in [0, 0.05) is 17.6 Å². The van der Waals surface area contributed by atoms with Gasteiger partial charge in [0.1, 0.15) is 5.82 Å². The van der Waals surface area contributed by atoms with Crippen LogP contribution in [0.3, 0.4) is 0 Å². The largest absolute Gasteiger partial charge is 0.465 e. The van der Waals surface area contributed by atoms with Crippen molar-refractivity contribution in [2.24, 2.45) is 0 Å². The predicted octanol–water partition coefficient (Wildman–Crippen LogP) is 3.37. The van der Waals surface area contributed by atoms with E-state index in [1.165, 1.54) is 19.6 Å². The first kappa shape index (κ1) is 13.3. The molecule has 3 nitrogen and oxygen atoms in total. The first-order chi connectivity index (χ1) is 8.63. The normalized spacial score (nSPS) is 15.6. The van der Waals surface area contributed by atoms with E-state index in [0.717, 1.165) is 25.9 Å². The highest BCUT2D eigenvalue weighted by Crippen LogP contribution is 2.29. The molecule has 2 rings (SSSR count). The number of piperidine rings is 1. The van der Waals surface area contributed by atoms with Crippen LogP contribution in [0.2, 0.25) is 0 Å². The van der Waals surface area contributed by atoms with E-state index in [1.54, 1.807) is 6.07 Å². The minimum absolute atomic E-state index is 0.218. The second-order valence-electron chi connectivity index (χ2n) is 4.32. The number of esters is 1. The van der Waals surface area contributed by atoms with Gasteiger partial charge in [0.05, 0.1) is 18.4 Å². The summed E-state index contributed by atoms with van der Waals surface area (Å²) in [6.07, 6.45) is 3.35. The maximum atomic E-state index is 14.0. The SMILES string of the molecule is COC(=O)c1cc(F)c(N2CCCCC2)cc1Br. The van der Waals surface area contributed by atoms with Crippen molar-refractivity contribution in [3.05, 3.63) is 28.0 Å². The smallest absolute Gasteiger partial charge is 0.339 e. The van der Waals surface area contributed by atoms with E-state index in [9.17, 15) is 9.18 Å². The number of nitrogens with zero attached hydrogens (tertiary/aromatic N) is 1. The lowest BCUT2D eigenvalue weighted by atomic mass is 10.1. The van der Waals surface area contributed by atoms with Gasteiger partial charge in [-0.2, -0.15) is 0 Å². The number of carbonyl (C=O) groups excluding carboxylic acids is 1. The molecule has 0 aromatic heterocycles. The Morgan fingerprint density at radius 2 is 2.00 bits per heavy atom. The Bertz CT molecular complexity index is 459. The van der Waals surface area contributed by atoms with Crippen LogP contribution in [0.5, 0.6) is 0 Å². The summed E-state index contributed by atoms with van der Waals surface area (Å²) < 4.78 is 19.2. The number of hydrogen-bond acceptors (Lipinski definition) is 3. The summed E-state index contributed by atoms with van der Waals surface area (Å²) in [6, 6.07) is 2.90. The van der Waals surface area contributed by atoms with E-state index in [-0.39, 0.29) is 11.4 Å². The lowest BCUT2D eigenvalue weighted by molar-refractivity contribution is 0.0599. The molecule has 0 N–H and O–H groups in total. The first-order valence-corrected chi connectivity index (χ1v) is 6.75. The fourth-order valence-corrected chi connectivity index (χ4v) is 2.67. The van der Waals surface area contributed by atoms with Crippen LogP contribution in [0, 0.1) is 5.82 Å². The minimum atomic E-state index is -0.536. The number of methoxy groups -OCH3 is 1. The summed E-state index contributed by atoms with van der Waals surface area (Å²) >= 11 is 3.30. The van der Waals surface area contributed by atoms with Crippen molar-refractivity contribution in [3.8, 4) is 0 Å². The second kappa shape index (κ2) is 5.69. The molecule has 0 unspecified atom stereocenters. The Balaban J connectivity index is 2.33. The van der Waals surface area contributed by atoms with E-state index < -0.39 is 5.97 Å². The fraction of sp³-hybridized carbons (Fsp3) is 0.462. The van der Waals surface area contributed by atoms with Crippen LogP contribution in [-0.2, 0) is 4.74 Å². The van der Waals surface area contributed by atoms with E-state index >= 15 is 0 Å². The molecule has 0 spiro atoms. The summed E-state index contributed by atoms with van der Waals surface area (Å²) in [5, 5.41) is 0. The zero-order valence-corrected chi connectivity index (χ0v) is 11.8. The standard InChI is InChI=1S/C13H15BrFNO2/c1-18-13(17)9-7-11(15)12(8-10(9)14)16-5-3-2-4-6-16/h7-8H,2-6H2,1H3. The number of rotatable bonds is 2. The molecule has 18 heavy (non-hydrogen) atoms. The zero-order valence-electron chi connectivity index (χ0n) is 10.2. The van der Waals surface area contributed by atoms with Crippen LogP contribution in [0.15, 0.2) is 16.6 Å². The summed E-state index contributed by atoms with van der Waals surface area (Å²) in [6.45, 7) is 1.72. The molecular formula is C13H15BrFNO2. The summed E-state index contributed by atoms with van der Waals surface area (Å²) in [7, 11) is 1.28. The third-order valence-corrected chi connectivity index (χ3v) is 3.79. The first-order valence-electron chi connectivity index (χ1n) is 5.96. The van der Waals surface area contributed by atoms with Gasteiger partial charge in [-0.25, -0.2) is 9.18 Å². The monoisotopic (exact) mass is 315 g/mol. The van der Waals surface area contributed by atoms with Crippen molar-refractivity contribution in [2.75, 3.05) is 25.1 Å². The molecule has 1 fully saturated rings. The Morgan fingerprint density at radius 1 is 1.33 bits per heavy atom. The molecular weight excluding hydrogens is 301 g/mol. The molecule has 1 aromatic carbocycles. The molecule has 1 aliphatic rings. The van der Waals surface area contributed by atoms with Crippen LogP contribution < -0.4 is 4.90 Å². The molecule has 0 bridgehead atoms. The number of benzene rings is 1. The van der Waals surface area contributed by atoms with Gasteiger partial charge in [-0.1, -0.05) is 0 Å². The van der Waals surface area contributed by atoms with Gasteiger partial charge in [0.15, 0.2) is 0 Å². The highest BCUT2D eigenvalue weighted by Gasteiger charge is 2.19. The average molecular weight is 316 g/mol. The molecule has 0 saturated carbocycles. The van der Waals surface area contributed by atoms with Crippen molar-refractivity contribution in [2.45, 2.75) is 19.3 Å². The second-order valence-corrected chi connectivity index (χ2v) is 5.18. The Hall–Kier alpha value is -1.10. The summed E-state index contributed by atoms with van der Waals surface area (Å²) in [5.41, 5.74) is 0.769. The van der Waals surface area contributed by atoms with Crippen LogP contribution in [0.25, 0.3) is 0 Å². The number of anilines is 1. The summed E-state index contributed by atoms with van der Waals surface area (Å²) in [5.74, 6) is -0.911. The number of carbonyl (C=O) groups is 1. The van der Waals surface area contributed by atoms with Crippen molar-refractivity contribution in [1.29, 1.82) is 0 Å². The van der Waals surface area contributed by atoms with Crippen LogP contribution >= 0.6 is 15.9 Å². The lowest BCUT2D eigenvalue weighted by Gasteiger charge is -2.29. The average Bonchev–Trinajstić information content (AvgIpc) is 2.41. The van der Waals surface area contributed by atoms with Crippen molar-refractivity contribution in [3.63, 3.8) is 0 Å². The van der Waals surface area contributed by atoms with Crippen LogP contribution in [0.4, 0.5) is 10.1 Å². The number of ether oxygens (including phenoxy) is 1. The topological polar surface area (TPSA) is 29.5 Å². The predicted molar refractivity (Wildman–Crippen MR) is 71.5 cm³/mol. The molecule has 1 aromatic rings. The van der Waals surface area contributed by atoms with Gasteiger partial charge in [-0.05, 0) is 47.3 Å². The zero-order chi connectivity index (χ0) is 13.1. The van der Waals surface area contributed by atoms with Gasteiger partial charge in [-0.15, -0.1) is 0 Å². The molecule has 1 saturated heterocycles. The van der Waals surface area contributed by atoms with Gasteiger partial charge >= 0.3 is 5.97 Å². The minimum Gasteiger partial charge on any atom is -0.465 e. The quantitative estimate of drug-likeness (QED) is 0.784. The highest BCUT2D eigenvalue weighted by molar-refractivity contribution is 9.10. The third kappa shape index (κ3) is 2.66. The van der Waals surface area contributed by atoms with Gasteiger partial charge < -0.3 is 9.64 Å². The van der Waals surface area contributed by atoms with Gasteiger partial charge in [-0.3, -0.25) is 0 Å². The molecule has 0 atom stereocenters. The molecule has 1 aliphatic heterocycles. The lowest BCUT2D eigenvalue weighted by Crippen LogP contribution is -2.30. The van der Waals surface area contributed by atoms with Crippen LogP contribution in [-0.4, -0.2) is 26.2 Å². The maximum Gasteiger partial charge on any atom is 0.339 e. The molecule has 1 heterocycles. The Kier molecular flexibility index (Phi) is 4.22. The summed E-state index contributed by atoms with van der Waals surface area (Å²) in [4.78, 5) is 13.5. The molecule has 98 valence electrons. The van der Waals surface area contributed by atoms with E-state index in [1.807, 2.05) is 4.90 Å². The molecule has 5 heteroatoms. The Morgan fingerprint density at radius 3 is 2.61 bits per heavy atom. The fourth-order valence-electron chi connectivity index (χ4n) is 2.18. The van der Waals surface area contributed by atoms with E-state index in [4.69, 9.17) is 0 Å². The van der Waals surface area contributed by atoms with E-state index in [2.05, 4.69) is 20.7 Å². The Labute approximate surface area is 114 Å². The third-order valence-electron chi connectivity index (χ3n) is 3.14. The van der Waals surface area contributed by atoms with Gasteiger partial charge in [0.2, 0.25) is 0 Å².